The highest BCUT2D eigenvalue weighted by Crippen LogP contribution is 2.27. The Bertz CT molecular complexity index is 1120. The van der Waals surface area contributed by atoms with Crippen LogP contribution in [0.5, 0.6) is 0 Å². The van der Waals surface area contributed by atoms with Crippen LogP contribution in [-0.4, -0.2) is 31.8 Å². The third-order valence-corrected chi connectivity index (χ3v) is 6.13. The first-order chi connectivity index (χ1) is 13.5. The van der Waals surface area contributed by atoms with Crippen molar-refractivity contribution in [3.05, 3.63) is 57.8 Å². The van der Waals surface area contributed by atoms with E-state index in [1.54, 1.807) is 4.40 Å². The summed E-state index contributed by atoms with van der Waals surface area (Å²) in [6, 6.07) is 10.6. The van der Waals surface area contributed by atoms with Gasteiger partial charge in [-0.15, -0.1) is 11.3 Å². The van der Waals surface area contributed by atoms with Crippen LogP contribution in [0.3, 0.4) is 0 Å². The molecule has 0 spiro atoms. The van der Waals surface area contributed by atoms with Crippen molar-refractivity contribution in [1.82, 2.24) is 19.6 Å². The molecule has 1 aliphatic rings. The number of urea groups is 1. The number of amides is 3. The van der Waals surface area contributed by atoms with Crippen LogP contribution >= 0.6 is 11.3 Å². The number of fused-ring (bicyclic) bond motifs is 1. The van der Waals surface area contributed by atoms with Crippen LogP contribution < -0.4 is 10.9 Å². The van der Waals surface area contributed by atoms with Crippen molar-refractivity contribution in [2.45, 2.75) is 38.8 Å². The summed E-state index contributed by atoms with van der Waals surface area (Å²) in [6.07, 6.45) is 1.04. The largest absolute Gasteiger partial charge is 0.325 e. The van der Waals surface area contributed by atoms with Gasteiger partial charge in [-0.25, -0.2) is 9.78 Å². The van der Waals surface area contributed by atoms with Crippen LogP contribution in [0.4, 0.5) is 4.79 Å². The maximum absolute atomic E-state index is 12.8. The van der Waals surface area contributed by atoms with Gasteiger partial charge in [0.25, 0.3) is 11.5 Å². The van der Waals surface area contributed by atoms with Crippen LogP contribution in [0.25, 0.3) is 16.2 Å². The molecule has 0 atom stereocenters. The zero-order valence-electron chi connectivity index (χ0n) is 15.6. The fraction of sp³-hybridized carbons (Fsp3) is 0.300. The molecule has 144 valence electrons. The van der Waals surface area contributed by atoms with Gasteiger partial charge in [-0.05, 0) is 18.4 Å². The van der Waals surface area contributed by atoms with Gasteiger partial charge in [0.15, 0.2) is 4.96 Å². The summed E-state index contributed by atoms with van der Waals surface area (Å²) in [5.41, 5.74) is 1.01. The number of aromatic nitrogens is 2. The molecule has 3 amide bonds. The number of hydrogen-bond donors (Lipinski definition) is 1. The summed E-state index contributed by atoms with van der Waals surface area (Å²) in [6.45, 7) is 3.73. The molecule has 8 heteroatoms. The fourth-order valence-corrected chi connectivity index (χ4v) is 4.49. The highest BCUT2D eigenvalue weighted by Gasteiger charge is 2.48. The van der Waals surface area contributed by atoms with E-state index >= 15 is 0 Å². The van der Waals surface area contributed by atoms with E-state index in [4.69, 9.17) is 0 Å². The van der Waals surface area contributed by atoms with E-state index in [2.05, 4.69) is 10.3 Å². The number of benzene rings is 1. The van der Waals surface area contributed by atoms with Gasteiger partial charge in [0.2, 0.25) is 0 Å². The van der Waals surface area contributed by atoms with Crippen molar-refractivity contribution in [2.24, 2.45) is 0 Å². The summed E-state index contributed by atoms with van der Waals surface area (Å²) in [7, 11) is 0. The topological polar surface area (TPSA) is 83.8 Å². The van der Waals surface area contributed by atoms with Crippen LogP contribution in [0, 0.1) is 0 Å². The summed E-state index contributed by atoms with van der Waals surface area (Å²) < 4.78 is 1.55. The minimum atomic E-state index is -0.861. The van der Waals surface area contributed by atoms with E-state index in [9.17, 15) is 14.4 Å². The molecule has 3 aromatic rings. The van der Waals surface area contributed by atoms with Crippen molar-refractivity contribution in [3.63, 3.8) is 0 Å². The zero-order chi connectivity index (χ0) is 19.9. The summed E-state index contributed by atoms with van der Waals surface area (Å²) in [5, 5.41) is 4.68. The Morgan fingerprint density at radius 1 is 1.11 bits per heavy atom. The second-order valence-corrected chi connectivity index (χ2v) is 7.64. The van der Waals surface area contributed by atoms with Crippen molar-refractivity contribution >= 4 is 28.2 Å². The molecule has 1 fully saturated rings. The van der Waals surface area contributed by atoms with Crippen molar-refractivity contribution < 1.29 is 9.59 Å². The lowest BCUT2D eigenvalue weighted by molar-refractivity contribution is -0.132. The second-order valence-electron chi connectivity index (χ2n) is 6.80. The molecule has 0 bridgehead atoms. The van der Waals surface area contributed by atoms with Gasteiger partial charge in [0, 0.05) is 11.4 Å². The molecule has 1 saturated heterocycles. The van der Waals surface area contributed by atoms with Crippen LogP contribution in [0.15, 0.2) is 46.6 Å². The summed E-state index contributed by atoms with van der Waals surface area (Å²) >= 11 is 1.35. The molecular formula is C20H20N4O3S. The quantitative estimate of drug-likeness (QED) is 0.672. The predicted molar refractivity (Wildman–Crippen MR) is 107 cm³/mol. The SMILES string of the molecule is CCC1(CC)NC(=O)N(Cc2cc(=O)n3c(-c4ccccc4)csc3n2)C1=O. The van der Waals surface area contributed by atoms with E-state index in [0.717, 1.165) is 16.2 Å². The first kappa shape index (κ1) is 18.4. The number of imide groups is 1. The number of hydrogen-bond acceptors (Lipinski definition) is 5. The molecule has 28 heavy (non-hydrogen) atoms. The molecule has 1 aliphatic heterocycles. The Labute approximate surface area is 165 Å². The Morgan fingerprint density at radius 2 is 1.82 bits per heavy atom. The molecule has 4 rings (SSSR count). The van der Waals surface area contributed by atoms with Gasteiger partial charge >= 0.3 is 6.03 Å². The molecule has 0 radical (unpaired) electrons. The highest BCUT2D eigenvalue weighted by atomic mass is 32.1. The first-order valence-electron chi connectivity index (χ1n) is 9.19. The van der Waals surface area contributed by atoms with Gasteiger partial charge in [0.05, 0.1) is 17.9 Å². The van der Waals surface area contributed by atoms with Gasteiger partial charge in [-0.3, -0.25) is 18.9 Å². The smallest absolute Gasteiger partial charge is 0.323 e. The predicted octanol–water partition coefficient (Wildman–Crippen LogP) is 3.03. The molecule has 3 heterocycles. The third kappa shape index (κ3) is 2.80. The van der Waals surface area contributed by atoms with Gasteiger partial charge < -0.3 is 5.32 Å². The average molecular weight is 396 g/mol. The summed E-state index contributed by atoms with van der Waals surface area (Å²) in [5.74, 6) is -0.263. The fourth-order valence-electron chi connectivity index (χ4n) is 3.57. The van der Waals surface area contributed by atoms with E-state index in [-0.39, 0.29) is 18.0 Å². The number of rotatable bonds is 5. The monoisotopic (exact) mass is 396 g/mol. The van der Waals surface area contributed by atoms with Gasteiger partial charge in [-0.2, -0.15) is 0 Å². The minimum absolute atomic E-state index is 0.0171. The molecule has 1 N–H and O–H groups in total. The van der Waals surface area contributed by atoms with Crippen molar-refractivity contribution in [3.8, 4) is 11.3 Å². The van der Waals surface area contributed by atoms with Crippen LogP contribution in [0.2, 0.25) is 0 Å². The van der Waals surface area contributed by atoms with Crippen LogP contribution in [0.1, 0.15) is 32.4 Å². The standard InChI is InChI=1S/C20H20N4O3S/c1-3-20(4-2)17(26)23(18(27)22-20)11-14-10-16(25)24-15(12-28-19(24)21-14)13-8-6-5-7-9-13/h5-10,12H,3-4,11H2,1-2H3,(H,22,27). The Morgan fingerprint density at radius 3 is 2.46 bits per heavy atom. The van der Waals surface area contributed by atoms with Crippen molar-refractivity contribution in [1.29, 1.82) is 0 Å². The van der Waals surface area contributed by atoms with E-state index < -0.39 is 11.6 Å². The van der Waals surface area contributed by atoms with E-state index in [1.165, 1.54) is 17.4 Å². The lowest BCUT2D eigenvalue weighted by Gasteiger charge is -2.23. The van der Waals surface area contributed by atoms with E-state index in [1.807, 2.05) is 49.6 Å². The maximum atomic E-state index is 12.8. The zero-order valence-corrected chi connectivity index (χ0v) is 16.5. The molecule has 0 saturated carbocycles. The van der Waals surface area contributed by atoms with Crippen LogP contribution in [-0.2, 0) is 11.3 Å². The van der Waals surface area contributed by atoms with Gasteiger partial charge in [-0.1, -0.05) is 44.2 Å². The van der Waals surface area contributed by atoms with Crippen molar-refractivity contribution in [2.75, 3.05) is 0 Å². The van der Waals surface area contributed by atoms with Gasteiger partial charge in [0.1, 0.15) is 5.54 Å². The first-order valence-corrected chi connectivity index (χ1v) is 10.1. The minimum Gasteiger partial charge on any atom is -0.323 e. The number of nitrogens with one attached hydrogen (secondary N) is 1. The molecule has 0 aliphatic carbocycles. The molecule has 1 aromatic carbocycles. The molecule has 7 nitrogen and oxygen atoms in total. The summed E-state index contributed by atoms with van der Waals surface area (Å²) in [4.78, 5) is 44.1. The molecule has 2 aromatic heterocycles. The molecular weight excluding hydrogens is 376 g/mol. The maximum Gasteiger partial charge on any atom is 0.325 e. The lowest BCUT2D eigenvalue weighted by atomic mass is 9.93. The highest BCUT2D eigenvalue weighted by molar-refractivity contribution is 7.15. The Balaban J connectivity index is 1.69. The Kier molecular flexibility index (Phi) is 4.50. The lowest BCUT2D eigenvalue weighted by Crippen LogP contribution is -2.45. The number of carbonyl (C=O) groups is 2. The Hall–Kier alpha value is -3.00. The number of carbonyl (C=O) groups excluding carboxylic acids is 2. The number of nitrogens with zero attached hydrogens (tertiary/aromatic N) is 3. The molecule has 0 unspecified atom stereocenters. The second kappa shape index (κ2) is 6.87. The number of thiazole rings is 1. The van der Waals surface area contributed by atoms with E-state index in [0.29, 0.717) is 23.5 Å². The third-order valence-electron chi connectivity index (χ3n) is 5.30. The average Bonchev–Trinajstić information content (AvgIpc) is 3.24. The normalized spacial score (nSPS) is 16.0.